The highest BCUT2D eigenvalue weighted by Gasteiger charge is 2.23. The zero-order chi connectivity index (χ0) is 7.02. The van der Waals surface area contributed by atoms with Crippen LogP contribution in [-0.4, -0.2) is 17.3 Å². The van der Waals surface area contributed by atoms with E-state index >= 15 is 0 Å². The summed E-state index contributed by atoms with van der Waals surface area (Å²) in [6.07, 6.45) is 0. The second-order valence-corrected chi connectivity index (χ2v) is 3.71. The molecule has 1 aliphatic heterocycles. The van der Waals surface area contributed by atoms with Gasteiger partial charge in [0.15, 0.2) is 5.95 Å². The molecule has 0 amide bonds. The van der Waals surface area contributed by atoms with Crippen molar-refractivity contribution in [2.75, 3.05) is 7.05 Å². The maximum Gasteiger partial charge on any atom is 0.199 e. The van der Waals surface area contributed by atoms with E-state index in [1.54, 1.807) is 30.6 Å². The number of hydrogen-bond acceptors (Lipinski definition) is 2. The molecule has 0 fully saturated rings. The fourth-order valence-corrected chi connectivity index (χ4v) is 1.80. The Morgan fingerprint density at radius 2 is 2.22 bits per heavy atom. The predicted octanol–water partition coefficient (Wildman–Crippen LogP) is 2.17. The summed E-state index contributed by atoms with van der Waals surface area (Å²) in [5, 5.41) is 0.269. The van der Waals surface area contributed by atoms with Crippen LogP contribution in [0.3, 0.4) is 0 Å². The van der Waals surface area contributed by atoms with E-state index in [0.29, 0.717) is 0 Å². The molecular weight excluding hydrogens is 137 g/mol. The van der Waals surface area contributed by atoms with Crippen molar-refractivity contribution in [1.29, 1.82) is 0 Å². The minimum Gasteiger partial charge on any atom is -0.339 e. The lowest BCUT2D eigenvalue weighted by Gasteiger charge is -2.14. The van der Waals surface area contributed by atoms with Gasteiger partial charge in [0.2, 0.25) is 0 Å². The normalized spacial score (nSPS) is 28.0. The third kappa shape index (κ3) is 1.06. The first-order valence-electron chi connectivity index (χ1n) is 2.89. The minimum absolute atomic E-state index is 0.0764. The highest BCUT2D eigenvalue weighted by atomic mass is 32.2. The highest BCUT2D eigenvalue weighted by Crippen LogP contribution is 2.36. The van der Waals surface area contributed by atoms with Crippen LogP contribution in [0.4, 0.5) is 4.39 Å². The smallest absolute Gasteiger partial charge is 0.199 e. The van der Waals surface area contributed by atoms with Crippen LogP contribution < -0.4 is 0 Å². The summed E-state index contributed by atoms with van der Waals surface area (Å²) in [5.74, 6) is -0.0764. The Hall–Kier alpha value is -0.180. The summed E-state index contributed by atoms with van der Waals surface area (Å²) in [4.78, 5) is 2.44. The molecule has 1 rings (SSSR count). The van der Waals surface area contributed by atoms with Crippen molar-refractivity contribution >= 4 is 11.8 Å². The molecule has 0 radical (unpaired) electrons. The molecule has 0 saturated carbocycles. The minimum atomic E-state index is -0.0764. The van der Waals surface area contributed by atoms with E-state index in [2.05, 4.69) is 0 Å². The molecule has 3 heteroatoms. The van der Waals surface area contributed by atoms with Crippen LogP contribution in [-0.2, 0) is 0 Å². The summed E-state index contributed by atoms with van der Waals surface area (Å²) < 4.78 is 12.7. The predicted molar refractivity (Wildman–Crippen MR) is 38.6 cm³/mol. The van der Waals surface area contributed by atoms with Crippen molar-refractivity contribution in [2.45, 2.75) is 19.2 Å². The summed E-state index contributed by atoms with van der Waals surface area (Å²) in [5.41, 5.74) is 0. The van der Waals surface area contributed by atoms with Crippen LogP contribution in [0.15, 0.2) is 10.9 Å². The van der Waals surface area contributed by atoms with Gasteiger partial charge in [-0.25, -0.2) is 0 Å². The van der Waals surface area contributed by atoms with Gasteiger partial charge < -0.3 is 4.90 Å². The van der Waals surface area contributed by atoms with E-state index in [-0.39, 0.29) is 11.3 Å². The lowest BCUT2D eigenvalue weighted by Crippen LogP contribution is -2.18. The van der Waals surface area contributed by atoms with Gasteiger partial charge in [0.05, 0.1) is 5.37 Å². The SMILES string of the molecule is CC1=C(F)N(C)C(C)S1. The van der Waals surface area contributed by atoms with Gasteiger partial charge in [-0.15, -0.1) is 11.8 Å². The second kappa shape index (κ2) is 2.21. The topological polar surface area (TPSA) is 3.24 Å². The molecule has 0 saturated heterocycles. The van der Waals surface area contributed by atoms with Crippen LogP contribution in [0.1, 0.15) is 13.8 Å². The molecule has 0 bridgehead atoms. The number of rotatable bonds is 0. The van der Waals surface area contributed by atoms with E-state index in [1.165, 1.54) is 0 Å². The molecule has 0 N–H and O–H groups in total. The fraction of sp³-hybridized carbons (Fsp3) is 0.667. The maximum atomic E-state index is 12.7. The number of halogens is 1. The molecule has 1 heterocycles. The van der Waals surface area contributed by atoms with E-state index in [1.807, 2.05) is 6.92 Å². The first-order chi connectivity index (χ1) is 4.13. The number of hydrogen-bond donors (Lipinski definition) is 0. The van der Waals surface area contributed by atoms with Crippen molar-refractivity contribution < 1.29 is 4.39 Å². The van der Waals surface area contributed by atoms with Gasteiger partial charge in [-0.05, 0) is 13.8 Å². The third-order valence-electron chi connectivity index (χ3n) is 1.49. The lowest BCUT2D eigenvalue weighted by molar-refractivity contribution is 0.321. The van der Waals surface area contributed by atoms with Crippen LogP contribution in [0.5, 0.6) is 0 Å². The first kappa shape index (κ1) is 6.93. The van der Waals surface area contributed by atoms with Crippen molar-refractivity contribution in [1.82, 2.24) is 4.90 Å². The molecule has 9 heavy (non-hydrogen) atoms. The average Bonchev–Trinajstić information content (AvgIpc) is 1.98. The molecule has 52 valence electrons. The first-order valence-corrected chi connectivity index (χ1v) is 3.76. The van der Waals surface area contributed by atoms with E-state index in [0.717, 1.165) is 4.91 Å². The Balaban J connectivity index is 2.74. The van der Waals surface area contributed by atoms with Crippen LogP contribution in [0, 0.1) is 0 Å². The summed E-state index contributed by atoms with van der Waals surface area (Å²) >= 11 is 1.57. The van der Waals surface area contributed by atoms with Gasteiger partial charge in [-0.1, -0.05) is 0 Å². The molecule has 0 aromatic rings. The van der Waals surface area contributed by atoms with Gasteiger partial charge in [0.1, 0.15) is 0 Å². The monoisotopic (exact) mass is 147 g/mol. The Kier molecular flexibility index (Phi) is 1.70. The molecule has 1 atom stereocenters. The highest BCUT2D eigenvalue weighted by molar-refractivity contribution is 8.03. The largest absolute Gasteiger partial charge is 0.339 e. The molecule has 0 aromatic heterocycles. The summed E-state index contributed by atoms with van der Waals surface area (Å²) in [6, 6.07) is 0. The molecule has 1 aliphatic rings. The number of nitrogens with zero attached hydrogens (tertiary/aromatic N) is 1. The number of thioether (sulfide) groups is 1. The van der Waals surface area contributed by atoms with Gasteiger partial charge >= 0.3 is 0 Å². The fourth-order valence-electron chi connectivity index (χ4n) is 0.791. The summed E-state index contributed by atoms with van der Waals surface area (Å²) in [7, 11) is 1.77. The zero-order valence-electron chi connectivity index (χ0n) is 5.81. The van der Waals surface area contributed by atoms with Gasteiger partial charge in [0.25, 0.3) is 0 Å². The molecule has 0 spiro atoms. The van der Waals surface area contributed by atoms with Crippen molar-refractivity contribution in [3.8, 4) is 0 Å². The Bertz CT molecular complexity index is 155. The van der Waals surface area contributed by atoms with Gasteiger partial charge in [0, 0.05) is 12.0 Å². The summed E-state index contributed by atoms with van der Waals surface area (Å²) in [6.45, 7) is 3.79. The lowest BCUT2D eigenvalue weighted by atomic mass is 10.6. The standard InChI is InChI=1S/C6H10FNS/c1-4-6(7)8(3)5(2)9-4/h5H,1-3H3. The maximum absolute atomic E-state index is 12.7. The van der Waals surface area contributed by atoms with E-state index in [9.17, 15) is 4.39 Å². The van der Waals surface area contributed by atoms with Crippen LogP contribution in [0.2, 0.25) is 0 Å². The molecule has 0 aromatic carbocycles. The Morgan fingerprint density at radius 1 is 1.67 bits per heavy atom. The zero-order valence-corrected chi connectivity index (χ0v) is 6.63. The molecule has 1 nitrogen and oxygen atoms in total. The Morgan fingerprint density at radius 3 is 2.33 bits per heavy atom. The number of allylic oxidation sites excluding steroid dienone is 1. The van der Waals surface area contributed by atoms with Crippen molar-refractivity contribution in [3.63, 3.8) is 0 Å². The quantitative estimate of drug-likeness (QED) is 0.483. The molecule has 0 aliphatic carbocycles. The van der Waals surface area contributed by atoms with Gasteiger partial charge in [-0.3, -0.25) is 0 Å². The van der Waals surface area contributed by atoms with Gasteiger partial charge in [-0.2, -0.15) is 4.39 Å². The van der Waals surface area contributed by atoms with E-state index < -0.39 is 0 Å². The van der Waals surface area contributed by atoms with Crippen molar-refractivity contribution in [2.24, 2.45) is 0 Å². The van der Waals surface area contributed by atoms with Crippen molar-refractivity contribution in [3.05, 3.63) is 10.9 Å². The van der Waals surface area contributed by atoms with Crippen LogP contribution >= 0.6 is 11.8 Å². The Labute approximate surface area is 58.9 Å². The second-order valence-electron chi connectivity index (χ2n) is 2.18. The third-order valence-corrected chi connectivity index (χ3v) is 2.67. The molecule has 1 unspecified atom stereocenters. The van der Waals surface area contributed by atoms with E-state index in [4.69, 9.17) is 0 Å². The molecular formula is C6H10FNS. The van der Waals surface area contributed by atoms with Crippen LogP contribution in [0.25, 0.3) is 0 Å². The average molecular weight is 147 g/mol.